The first kappa shape index (κ1) is 37.5. The summed E-state index contributed by atoms with van der Waals surface area (Å²) in [5.41, 5.74) is 23.8. The molecule has 6 aromatic carbocycles. The first-order chi connectivity index (χ1) is 28.4. The Morgan fingerprint density at radius 1 is 0.690 bits per heavy atom. The predicted octanol–water partition coefficient (Wildman–Crippen LogP) is 14.5. The van der Waals surface area contributed by atoms with Crippen LogP contribution >= 0.6 is 0 Å². The number of nitrogens with zero attached hydrogens (tertiary/aromatic N) is 1. The molecule has 0 aromatic heterocycles. The van der Waals surface area contributed by atoms with E-state index in [1.807, 2.05) is 0 Å². The molecule has 9 rings (SSSR count). The molecule has 0 heterocycles. The molecule has 0 amide bonds. The summed E-state index contributed by atoms with van der Waals surface area (Å²) in [4.78, 5) is 2.46. The maximum absolute atomic E-state index is 3.53. The minimum absolute atomic E-state index is 0.115. The second kappa shape index (κ2) is 15.3. The number of aryl methyl sites for hydroxylation is 2. The van der Waals surface area contributed by atoms with Gasteiger partial charge in [-0.2, -0.15) is 0 Å². The minimum Gasteiger partial charge on any atom is -0.368 e. The maximum Gasteiger partial charge on any atom is 0.0722 e. The number of para-hydroxylation sites is 1. The molecule has 286 valence electrons. The largest absolute Gasteiger partial charge is 0.368 e. The number of anilines is 1. The van der Waals surface area contributed by atoms with Gasteiger partial charge in [0.2, 0.25) is 0 Å². The van der Waals surface area contributed by atoms with Crippen LogP contribution in [-0.4, -0.2) is 7.05 Å². The zero-order chi connectivity index (χ0) is 40.0. The highest BCUT2D eigenvalue weighted by molar-refractivity contribution is 5.96. The van der Waals surface area contributed by atoms with E-state index in [-0.39, 0.29) is 11.5 Å². The molecule has 0 saturated carbocycles. The molecule has 0 saturated heterocycles. The van der Waals surface area contributed by atoms with Gasteiger partial charge >= 0.3 is 0 Å². The number of rotatable bonds is 9. The van der Waals surface area contributed by atoms with E-state index in [4.69, 9.17) is 0 Å². The molecule has 0 fully saturated rings. The Morgan fingerprint density at radius 3 is 2.10 bits per heavy atom. The molecule has 0 N–H and O–H groups in total. The van der Waals surface area contributed by atoms with Gasteiger partial charge in [-0.05, 0) is 146 Å². The summed E-state index contributed by atoms with van der Waals surface area (Å²) in [6, 6.07) is 46.4. The lowest BCUT2D eigenvalue weighted by Crippen LogP contribution is -2.26. The van der Waals surface area contributed by atoms with E-state index < -0.39 is 0 Å². The van der Waals surface area contributed by atoms with Gasteiger partial charge in [0.15, 0.2) is 0 Å². The fourth-order valence-corrected chi connectivity index (χ4v) is 10.4. The van der Waals surface area contributed by atoms with E-state index >= 15 is 0 Å². The molecule has 1 atom stereocenters. The standard InChI is InChI=1S/C57H53N/c1-7-10-26-51-44(9-3)48-34-33-43(37-54(48)57(51)52-27-18-16-24-46(52)47-25-17-19-28-53(47)57)42-31-30-40(8-2)50(36-42)49-35-32-41-22-13-11-12-14-23-45(41)56(49)39(5)58(6)55-29-20-15-21-38(55)4/h10,13,15-22,24-37,39H,7-9,11,23H2,1-6H3/b22-13-,26-10-. The molecular formula is C57H53N. The average Bonchev–Trinajstić information content (AvgIpc) is 3.71. The van der Waals surface area contributed by atoms with Crippen molar-refractivity contribution < 1.29 is 0 Å². The van der Waals surface area contributed by atoms with Crippen LogP contribution in [0.5, 0.6) is 0 Å². The third kappa shape index (κ3) is 5.84. The lowest BCUT2D eigenvalue weighted by atomic mass is 9.69. The summed E-state index contributed by atoms with van der Waals surface area (Å²) >= 11 is 0. The predicted molar refractivity (Wildman–Crippen MR) is 248 cm³/mol. The average molecular weight is 752 g/mol. The molecule has 0 bridgehead atoms. The van der Waals surface area contributed by atoms with Crippen LogP contribution in [0, 0.1) is 18.8 Å². The number of fused-ring (bicyclic) bond motifs is 8. The molecule has 1 spiro atoms. The zero-order valence-corrected chi connectivity index (χ0v) is 34.9. The Labute approximate surface area is 346 Å². The van der Waals surface area contributed by atoms with Gasteiger partial charge in [0.25, 0.3) is 0 Å². The number of benzene rings is 6. The number of hydrogen-bond donors (Lipinski definition) is 0. The molecule has 0 aliphatic heterocycles. The van der Waals surface area contributed by atoms with Crippen molar-refractivity contribution in [3.63, 3.8) is 0 Å². The van der Waals surface area contributed by atoms with Crippen LogP contribution in [-0.2, 0) is 18.3 Å². The topological polar surface area (TPSA) is 3.24 Å². The van der Waals surface area contributed by atoms with Crippen molar-refractivity contribution in [1.29, 1.82) is 0 Å². The van der Waals surface area contributed by atoms with E-state index in [0.717, 1.165) is 32.1 Å². The Morgan fingerprint density at radius 2 is 1.38 bits per heavy atom. The summed E-state index contributed by atoms with van der Waals surface area (Å²) in [7, 11) is 2.25. The van der Waals surface area contributed by atoms with Gasteiger partial charge in [-0.25, -0.2) is 0 Å². The fraction of sp³-hybridized carbons (Fsp3) is 0.228. The van der Waals surface area contributed by atoms with Gasteiger partial charge in [0.1, 0.15) is 0 Å². The van der Waals surface area contributed by atoms with Crippen LogP contribution in [0.4, 0.5) is 5.69 Å². The lowest BCUT2D eigenvalue weighted by molar-refractivity contribution is 0.731. The summed E-state index contributed by atoms with van der Waals surface area (Å²) in [6.07, 6.45) is 13.8. The van der Waals surface area contributed by atoms with Crippen LogP contribution in [0.15, 0.2) is 145 Å². The smallest absolute Gasteiger partial charge is 0.0722 e. The first-order valence-electron chi connectivity index (χ1n) is 21.4. The Bertz CT molecular complexity index is 2690. The Kier molecular flexibility index (Phi) is 9.91. The maximum atomic E-state index is 3.53. The number of hydrogen-bond acceptors (Lipinski definition) is 1. The monoisotopic (exact) mass is 751 g/mol. The molecule has 0 radical (unpaired) electrons. The second-order valence-electron chi connectivity index (χ2n) is 16.2. The third-order valence-electron chi connectivity index (χ3n) is 13.2. The molecule has 6 aromatic rings. The Hall–Kier alpha value is -6.10. The van der Waals surface area contributed by atoms with Crippen molar-refractivity contribution >= 4 is 17.3 Å². The van der Waals surface area contributed by atoms with Crippen LogP contribution in [0.3, 0.4) is 0 Å². The minimum atomic E-state index is -0.366. The van der Waals surface area contributed by atoms with Crippen LogP contribution in [0.1, 0.15) is 103 Å². The van der Waals surface area contributed by atoms with E-state index in [1.165, 1.54) is 100 Å². The van der Waals surface area contributed by atoms with Crippen LogP contribution in [0.25, 0.3) is 45.0 Å². The Balaban J connectivity index is 1.25. The molecule has 1 unspecified atom stereocenters. The summed E-state index contributed by atoms with van der Waals surface area (Å²) in [6.45, 7) is 11.4. The van der Waals surface area contributed by atoms with Crippen molar-refractivity contribution in [3.05, 3.63) is 195 Å². The van der Waals surface area contributed by atoms with Crippen molar-refractivity contribution in [2.24, 2.45) is 0 Å². The van der Waals surface area contributed by atoms with Crippen molar-refractivity contribution in [2.75, 3.05) is 11.9 Å². The highest BCUT2D eigenvalue weighted by Gasteiger charge is 2.51. The van der Waals surface area contributed by atoms with Crippen LogP contribution in [0.2, 0.25) is 0 Å². The molecule has 58 heavy (non-hydrogen) atoms. The van der Waals surface area contributed by atoms with Crippen molar-refractivity contribution in [3.8, 4) is 45.2 Å². The first-order valence-corrected chi connectivity index (χ1v) is 21.4. The second-order valence-corrected chi connectivity index (χ2v) is 16.2. The molecule has 1 heteroatoms. The van der Waals surface area contributed by atoms with E-state index in [0.29, 0.717) is 0 Å². The van der Waals surface area contributed by atoms with Gasteiger partial charge < -0.3 is 4.90 Å². The number of allylic oxidation sites excluding steroid dienone is 5. The van der Waals surface area contributed by atoms with Gasteiger partial charge in [-0.1, -0.05) is 160 Å². The van der Waals surface area contributed by atoms with Gasteiger partial charge in [-0.3, -0.25) is 0 Å². The van der Waals surface area contributed by atoms with E-state index in [9.17, 15) is 0 Å². The highest BCUT2D eigenvalue weighted by atomic mass is 15.1. The quantitative estimate of drug-likeness (QED) is 0.133. The molecule has 3 aliphatic carbocycles. The molecular weight excluding hydrogens is 699 g/mol. The van der Waals surface area contributed by atoms with E-state index in [2.05, 4.69) is 204 Å². The van der Waals surface area contributed by atoms with Gasteiger partial charge in [-0.15, -0.1) is 0 Å². The fourth-order valence-electron chi connectivity index (χ4n) is 10.4. The normalized spacial score (nSPS) is 15.6. The summed E-state index contributed by atoms with van der Waals surface area (Å²) in [5.74, 6) is 6.92. The molecule has 3 aliphatic rings. The zero-order valence-electron chi connectivity index (χ0n) is 34.9. The SMILES string of the molecule is CC/C=C\C1=C(CC)c2ccc(-c3ccc(CC)c(-c4ccc5c(c4C(C)N(C)c4ccccc4C)CC#CC/C=C\5)c3)cc2C12c1ccccc1-c1ccccc12. The van der Waals surface area contributed by atoms with Gasteiger partial charge in [0, 0.05) is 25.6 Å². The third-order valence-corrected chi connectivity index (χ3v) is 13.2. The molecule has 1 nitrogen and oxygen atoms in total. The van der Waals surface area contributed by atoms with Crippen molar-refractivity contribution in [2.45, 2.75) is 78.2 Å². The lowest BCUT2D eigenvalue weighted by Gasteiger charge is -2.33. The highest BCUT2D eigenvalue weighted by Crippen LogP contribution is 2.63. The van der Waals surface area contributed by atoms with Gasteiger partial charge in [0.05, 0.1) is 11.5 Å². The summed E-state index contributed by atoms with van der Waals surface area (Å²) < 4.78 is 0. The van der Waals surface area contributed by atoms with E-state index in [1.54, 1.807) is 0 Å². The van der Waals surface area contributed by atoms with Crippen LogP contribution < -0.4 is 4.90 Å². The van der Waals surface area contributed by atoms with Crippen molar-refractivity contribution in [1.82, 2.24) is 0 Å². The summed E-state index contributed by atoms with van der Waals surface area (Å²) in [5, 5.41) is 0.